The maximum atomic E-state index is 11.3. The van der Waals surface area contributed by atoms with Crippen LogP contribution in [0.5, 0.6) is 0 Å². The number of alkyl halides is 1. The van der Waals surface area contributed by atoms with Gasteiger partial charge in [-0.2, -0.15) is 0 Å². The number of halogens is 2. The van der Waals surface area contributed by atoms with Gasteiger partial charge in [0, 0.05) is 5.70 Å². The van der Waals surface area contributed by atoms with Gasteiger partial charge in [0.25, 0.3) is 5.91 Å². The zero-order chi connectivity index (χ0) is 9.59. The minimum absolute atomic E-state index is 0.376. The molecule has 2 rings (SSSR count). The van der Waals surface area contributed by atoms with Gasteiger partial charge in [-0.05, 0) is 6.08 Å². The molecule has 13 heavy (non-hydrogen) atoms. The van der Waals surface area contributed by atoms with E-state index >= 15 is 0 Å². The fraction of sp³-hybridized carbons (Fsp3) is 0.250. The van der Waals surface area contributed by atoms with Crippen LogP contribution in [0.2, 0.25) is 0 Å². The average Bonchev–Trinajstić information content (AvgIpc) is 2.38. The maximum Gasteiger partial charge on any atom is 0.292 e. The molecule has 2 aliphatic rings. The van der Waals surface area contributed by atoms with Crippen LogP contribution in [0.15, 0.2) is 22.9 Å². The largest absolute Gasteiger partial charge is 0.321 e. The van der Waals surface area contributed by atoms with Crippen molar-refractivity contribution >= 4 is 34.9 Å². The van der Waals surface area contributed by atoms with Crippen molar-refractivity contribution in [2.24, 2.45) is 5.92 Å². The van der Waals surface area contributed by atoms with Gasteiger partial charge < -0.3 is 5.32 Å². The van der Waals surface area contributed by atoms with Crippen LogP contribution in [0.3, 0.4) is 0 Å². The average molecular weight is 218 g/mol. The minimum Gasteiger partial charge on any atom is -0.321 e. The van der Waals surface area contributed by atoms with Crippen molar-refractivity contribution in [1.29, 1.82) is 0 Å². The van der Waals surface area contributed by atoms with E-state index in [0.29, 0.717) is 10.7 Å². The molecule has 2 atom stereocenters. The summed E-state index contributed by atoms with van der Waals surface area (Å²) in [6.07, 6.45) is 3.19. The summed E-state index contributed by atoms with van der Waals surface area (Å²) >= 11 is 11.6. The minimum atomic E-state index is -0.632. The van der Waals surface area contributed by atoms with Gasteiger partial charge in [-0.25, -0.2) is 0 Å². The second kappa shape index (κ2) is 2.86. The molecule has 1 amide bonds. The molecule has 1 fully saturated rings. The van der Waals surface area contributed by atoms with Gasteiger partial charge in [-0.3, -0.25) is 9.59 Å². The molecule has 68 valence electrons. The van der Waals surface area contributed by atoms with Crippen molar-refractivity contribution in [2.45, 2.75) is 5.38 Å². The van der Waals surface area contributed by atoms with Crippen LogP contribution in [-0.2, 0) is 9.59 Å². The van der Waals surface area contributed by atoms with Crippen LogP contribution in [0.25, 0.3) is 0 Å². The van der Waals surface area contributed by atoms with Crippen molar-refractivity contribution < 1.29 is 9.59 Å². The summed E-state index contributed by atoms with van der Waals surface area (Å²) in [4.78, 5) is 22.3. The summed E-state index contributed by atoms with van der Waals surface area (Å²) in [7, 11) is 0. The number of carbonyl (C=O) groups is 2. The predicted molar refractivity (Wildman–Crippen MR) is 48.3 cm³/mol. The number of carbonyl (C=O) groups excluding carboxylic acids is 2. The normalized spacial score (nSPS) is 32.2. The van der Waals surface area contributed by atoms with Crippen LogP contribution >= 0.6 is 23.2 Å². The number of ketones is 1. The van der Waals surface area contributed by atoms with E-state index in [4.69, 9.17) is 23.2 Å². The quantitative estimate of drug-likeness (QED) is 0.485. The van der Waals surface area contributed by atoms with E-state index in [0.717, 1.165) is 0 Å². The fourth-order valence-corrected chi connectivity index (χ4v) is 1.97. The molecule has 3 nitrogen and oxygen atoms in total. The molecule has 0 saturated carbocycles. The summed E-state index contributed by atoms with van der Waals surface area (Å²) < 4.78 is 0. The van der Waals surface area contributed by atoms with Gasteiger partial charge in [0.05, 0.1) is 16.3 Å². The van der Waals surface area contributed by atoms with Gasteiger partial charge in [0.15, 0.2) is 0 Å². The van der Waals surface area contributed by atoms with Gasteiger partial charge >= 0.3 is 0 Å². The van der Waals surface area contributed by atoms with Crippen LogP contribution in [0.4, 0.5) is 0 Å². The second-order valence-electron chi connectivity index (χ2n) is 2.86. The molecule has 2 unspecified atom stereocenters. The van der Waals surface area contributed by atoms with Gasteiger partial charge in [0.2, 0.25) is 5.78 Å². The zero-order valence-electron chi connectivity index (χ0n) is 6.38. The van der Waals surface area contributed by atoms with Crippen molar-refractivity contribution in [2.75, 3.05) is 0 Å². The Morgan fingerprint density at radius 2 is 2.08 bits per heavy atom. The lowest BCUT2D eigenvalue weighted by Gasteiger charge is -2.17. The summed E-state index contributed by atoms with van der Waals surface area (Å²) in [5, 5.41) is 2.30. The third kappa shape index (κ3) is 1.19. The van der Waals surface area contributed by atoms with E-state index in [-0.39, 0.29) is 0 Å². The summed E-state index contributed by atoms with van der Waals surface area (Å²) in [5.74, 6) is -1.77. The number of nitrogens with one attached hydrogen (secondary N) is 1. The van der Waals surface area contributed by atoms with Crippen LogP contribution in [0.1, 0.15) is 0 Å². The SMILES string of the molecule is O=C1NC2=C(Cl)C=CC(Cl)C2C1=O. The number of amides is 1. The number of fused-ring (bicyclic) bond motifs is 1. The molecule has 0 bridgehead atoms. The highest BCUT2D eigenvalue weighted by Crippen LogP contribution is 2.33. The molecule has 0 spiro atoms. The Bertz CT molecular complexity index is 359. The summed E-state index contributed by atoms with van der Waals surface area (Å²) in [6, 6.07) is 0. The van der Waals surface area contributed by atoms with E-state index in [1.165, 1.54) is 0 Å². The highest BCUT2D eigenvalue weighted by Gasteiger charge is 2.43. The Morgan fingerprint density at radius 1 is 1.38 bits per heavy atom. The van der Waals surface area contributed by atoms with E-state index in [9.17, 15) is 9.59 Å². The van der Waals surface area contributed by atoms with Crippen LogP contribution in [0, 0.1) is 5.92 Å². The van der Waals surface area contributed by atoms with Crippen molar-refractivity contribution in [3.8, 4) is 0 Å². The Balaban J connectivity index is 2.48. The number of allylic oxidation sites excluding steroid dienone is 4. The first-order valence-corrected chi connectivity index (χ1v) is 4.50. The molecule has 1 saturated heterocycles. The molecule has 0 aromatic rings. The summed E-state index contributed by atoms with van der Waals surface area (Å²) in [6.45, 7) is 0. The van der Waals surface area contributed by atoms with Gasteiger partial charge in [0.1, 0.15) is 0 Å². The van der Waals surface area contributed by atoms with E-state index in [2.05, 4.69) is 5.32 Å². The fourth-order valence-electron chi connectivity index (χ4n) is 1.42. The molecule has 1 N–H and O–H groups in total. The molecule has 1 aliphatic heterocycles. The monoisotopic (exact) mass is 217 g/mol. The third-order valence-corrected chi connectivity index (χ3v) is 2.79. The number of hydrogen-bond donors (Lipinski definition) is 1. The zero-order valence-corrected chi connectivity index (χ0v) is 7.89. The van der Waals surface area contributed by atoms with Crippen LogP contribution in [-0.4, -0.2) is 17.1 Å². The lowest BCUT2D eigenvalue weighted by Crippen LogP contribution is -2.23. The predicted octanol–water partition coefficient (Wildman–Crippen LogP) is 0.929. The first kappa shape index (κ1) is 8.78. The number of Topliss-reactive ketones (excluding diaryl/α,β-unsaturated/α-hetero) is 1. The molecule has 1 aliphatic carbocycles. The van der Waals surface area contributed by atoms with Crippen LogP contribution < -0.4 is 5.32 Å². The third-order valence-electron chi connectivity index (χ3n) is 2.07. The van der Waals surface area contributed by atoms with E-state index < -0.39 is 23.0 Å². The molecule has 1 heterocycles. The number of hydrogen-bond acceptors (Lipinski definition) is 2. The first-order valence-electron chi connectivity index (χ1n) is 3.68. The lowest BCUT2D eigenvalue weighted by atomic mass is 9.95. The Labute approximate surface area is 84.4 Å². The standard InChI is InChI=1S/C8H5Cl2NO2/c9-3-1-2-4(10)6-5(3)7(12)8(13)11-6/h1-3,5H,(H,11,13). The molecule has 0 radical (unpaired) electrons. The van der Waals surface area contributed by atoms with Crippen molar-refractivity contribution in [1.82, 2.24) is 5.32 Å². The first-order chi connectivity index (χ1) is 6.11. The Hall–Kier alpha value is -0.800. The Kier molecular flexibility index (Phi) is 1.93. The van der Waals surface area contributed by atoms with Crippen molar-refractivity contribution in [3.05, 3.63) is 22.9 Å². The van der Waals surface area contributed by atoms with Gasteiger partial charge in [-0.15, -0.1) is 11.6 Å². The lowest BCUT2D eigenvalue weighted by molar-refractivity contribution is -0.136. The topological polar surface area (TPSA) is 46.2 Å². The molecule has 0 aromatic carbocycles. The smallest absolute Gasteiger partial charge is 0.292 e. The highest BCUT2D eigenvalue weighted by molar-refractivity contribution is 6.44. The van der Waals surface area contributed by atoms with Crippen molar-refractivity contribution in [3.63, 3.8) is 0 Å². The summed E-state index contributed by atoms with van der Waals surface area (Å²) in [5.41, 5.74) is 0.430. The van der Waals surface area contributed by atoms with E-state index in [1.54, 1.807) is 12.2 Å². The highest BCUT2D eigenvalue weighted by atomic mass is 35.5. The second-order valence-corrected chi connectivity index (χ2v) is 3.77. The van der Waals surface area contributed by atoms with E-state index in [1.807, 2.05) is 0 Å². The molecular formula is C8H5Cl2NO2. The molecule has 5 heteroatoms. The number of rotatable bonds is 0. The molecule has 0 aromatic heterocycles. The maximum absolute atomic E-state index is 11.3. The van der Waals surface area contributed by atoms with Gasteiger partial charge in [-0.1, -0.05) is 17.7 Å². The Morgan fingerprint density at radius 3 is 2.69 bits per heavy atom. The molecular weight excluding hydrogens is 213 g/mol.